The lowest BCUT2D eigenvalue weighted by Crippen LogP contribution is -2.58. The Hall–Kier alpha value is -3.20. The van der Waals surface area contributed by atoms with Gasteiger partial charge in [0.05, 0.1) is 17.9 Å². The second-order valence-electron chi connectivity index (χ2n) is 6.46. The number of anilines is 2. The normalized spacial score (nSPS) is 16.0. The Morgan fingerprint density at radius 2 is 1.83 bits per heavy atom. The topological polar surface area (TPSA) is 94.1 Å². The van der Waals surface area contributed by atoms with E-state index in [1.165, 1.54) is 17.0 Å². The SMILES string of the molecule is CC1N=C(C(=O)N(C)CC(=O)Nc2ccccc2Br)NN(c2ccccc2)C1=O. The molecule has 0 bridgehead atoms. The first kappa shape index (κ1) is 20.5. The van der Waals surface area contributed by atoms with E-state index >= 15 is 0 Å². The van der Waals surface area contributed by atoms with Gasteiger partial charge in [-0.1, -0.05) is 30.3 Å². The van der Waals surface area contributed by atoms with Crippen LogP contribution in [0.25, 0.3) is 0 Å². The van der Waals surface area contributed by atoms with Crippen LogP contribution in [0, 0.1) is 0 Å². The quantitative estimate of drug-likeness (QED) is 0.719. The number of amidine groups is 1. The van der Waals surface area contributed by atoms with Crippen LogP contribution in [0.3, 0.4) is 0 Å². The number of nitrogens with one attached hydrogen (secondary N) is 2. The van der Waals surface area contributed by atoms with Crippen molar-refractivity contribution in [3.05, 3.63) is 59.1 Å². The Labute approximate surface area is 176 Å². The molecule has 2 aromatic carbocycles. The van der Waals surface area contributed by atoms with Gasteiger partial charge in [-0.3, -0.25) is 19.8 Å². The Kier molecular flexibility index (Phi) is 6.28. The van der Waals surface area contributed by atoms with Crippen LogP contribution >= 0.6 is 15.9 Å². The van der Waals surface area contributed by atoms with E-state index in [1.54, 1.807) is 43.3 Å². The molecular weight excluding hydrogens is 438 g/mol. The van der Waals surface area contributed by atoms with E-state index < -0.39 is 11.9 Å². The van der Waals surface area contributed by atoms with Gasteiger partial charge in [0.2, 0.25) is 11.7 Å². The van der Waals surface area contributed by atoms with Crippen molar-refractivity contribution >= 4 is 50.9 Å². The van der Waals surface area contributed by atoms with Crippen LogP contribution in [0.15, 0.2) is 64.1 Å². The van der Waals surface area contributed by atoms with Gasteiger partial charge in [0.15, 0.2) is 0 Å². The van der Waals surface area contributed by atoms with Gasteiger partial charge in [-0.2, -0.15) is 0 Å². The Bertz CT molecular complexity index is 964. The number of hydrazine groups is 1. The Balaban J connectivity index is 1.68. The van der Waals surface area contributed by atoms with E-state index in [0.29, 0.717) is 11.4 Å². The first-order valence-corrected chi connectivity index (χ1v) is 9.69. The van der Waals surface area contributed by atoms with Crippen LogP contribution in [0.4, 0.5) is 11.4 Å². The number of hydrogen-bond acceptors (Lipinski definition) is 5. The van der Waals surface area contributed by atoms with E-state index in [2.05, 4.69) is 31.7 Å². The zero-order chi connectivity index (χ0) is 21.0. The molecule has 3 rings (SSSR count). The standard InChI is InChI=1S/C20H20BrN5O3/c1-13-19(28)26(14-8-4-3-5-9-14)24-18(22-13)20(29)25(2)12-17(27)23-16-11-7-6-10-15(16)21/h3-11,13H,12H2,1-2H3,(H,22,24)(H,23,27). The van der Waals surface area contributed by atoms with Crippen molar-refractivity contribution in [2.24, 2.45) is 4.99 Å². The minimum atomic E-state index is -0.724. The number of carbonyl (C=O) groups excluding carboxylic acids is 3. The molecule has 1 unspecified atom stereocenters. The fourth-order valence-electron chi connectivity index (χ4n) is 2.72. The molecule has 2 aromatic rings. The summed E-state index contributed by atoms with van der Waals surface area (Å²) in [7, 11) is 1.50. The second-order valence-corrected chi connectivity index (χ2v) is 7.32. The summed E-state index contributed by atoms with van der Waals surface area (Å²) in [4.78, 5) is 42.9. The van der Waals surface area contributed by atoms with Crippen molar-refractivity contribution < 1.29 is 14.4 Å². The predicted molar refractivity (Wildman–Crippen MR) is 114 cm³/mol. The number of benzene rings is 2. The van der Waals surface area contributed by atoms with Crippen molar-refractivity contribution in [2.45, 2.75) is 13.0 Å². The molecule has 0 aliphatic carbocycles. The summed E-state index contributed by atoms with van der Waals surface area (Å²) in [5.74, 6) is -1.13. The molecule has 8 nitrogen and oxygen atoms in total. The maximum absolute atomic E-state index is 12.8. The number of nitrogens with zero attached hydrogens (tertiary/aromatic N) is 3. The van der Waals surface area contributed by atoms with Gasteiger partial charge >= 0.3 is 0 Å². The molecule has 0 saturated carbocycles. The van der Waals surface area contributed by atoms with Crippen molar-refractivity contribution in [3.8, 4) is 0 Å². The number of carbonyl (C=O) groups is 3. The van der Waals surface area contributed by atoms with Crippen LogP contribution in [0.2, 0.25) is 0 Å². The van der Waals surface area contributed by atoms with E-state index in [-0.39, 0.29) is 24.2 Å². The van der Waals surface area contributed by atoms with E-state index in [0.717, 1.165) is 4.47 Å². The minimum absolute atomic E-state index is 0.00264. The van der Waals surface area contributed by atoms with Crippen LogP contribution in [0.5, 0.6) is 0 Å². The van der Waals surface area contributed by atoms with Gasteiger partial charge in [-0.05, 0) is 47.1 Å². The average molecular weight is 458 g/mol. The number of halogens is 1. The zero-order valence-corrected chi connectivity index (χ0v) is 17.5. The predicted octanol–water partition coefficient (Wildman–Crippen LogP) is 2.18. The largest absolute Gasteiger partial charge is 0.330 e. The third kappa shape index (κ3) is 4.80. The molecule has 2 N–H and O–H groups in total. The lowest BCUT2D eigenvalue weighted by molar-refractivity contribution is -0.128. The zero-order valence-electron chi connectivity index (χ0n) is 15.9. The third-order valence-corrected chi connectivity index (χ3v) is 4.90. The van der Waals surface area contributed by atoms with Gasteiger partial charge in [0.1, 0.15) is 6.04 Å². The lowest BCUT2D eigenvalue weighted by Gasteiger charge is -2.31. The summed E-state index contributed by atoms with van der Waals surface area (Å²) in [5, 5.41) is 4.04. The molecule has 0 spiro atoms. The molecule has 0 aromatic heterocycles. The highest BCUT2D eigenvalue weighted by Crippen LogP contribution is 2.21. The number of para-hydroxylation sites is 2. The van der Waals surface area contributed by atoms with Crippen molar-refractivity contribution in [2.75, 3.05) is 23.9 Å². The molecule has 3 amide bonds. The average Bonchev–Trinajstić information content (AvgIpc) is 2.71. The number of likely N-dealkylation sites (N-methyl/N-ethyl adjacent to an activating group) is 1. The summed E-state index contributed by atoms with van der Waals surface area (Å²) in [6, 6.07) is 15.4. The molecule has 0 radical (unpaired) electrons. The maximum Gasteiger partial charge on any atom is 0.290 e. The molecule has 0 saturated heterocycles. The molecule has 0 fully saturated rings. The summed E-state index contributed by atoms with van der Waals surface area (Å²) >= 11 is 3.36. The molecule has 1 aliphatic rings. The van der Waals surface area contributed by atoms with Gasteiger partial charge in [-0.15, -0.1) is 0 Å². The monoisotopic (exact) mass is 457 g/mol. The smallest absolute Gasteiger partial charge is 0.290 e. The molecule has 1 heterocycles. The van der Waals surface area contributed by atoms with Crippen LogP contribution in [0.1, 0.15) is 6.92 Å². The number of rotatable bonds is 5. The van der Waals surface area contributed by atoms with E-state index in [4.69, 9.17) is 0 Å². The molecular formula is C20H20BrN5O3. The maximum atomic E-state index is 12.8. The van der Waals surface area contributed by atoms with Crippen molar-refractivity contribution in [1.29, 1.82) is 0 Å². The first-order chi connectivity index (χ1) is 13.9. The highest BCUT2D eigenvalue weighted by Gasteiger charge is 2.32. The van der Waals surface area contributed by atoms with Gasteiger partial charge in [-0.25, -0.2) is 10.0 Å². The highest BCUT2D eigenvalue weighted by atomic mass is 79.9. The number of aliphatic imine (C=N–C) groups is 1. The summed E-state index contributed by atoms with van der Waals surface area (Å²) in [6.07, 6.45) is 0. The van der Waals surface area contributed by atoms with E-state index in [1.807, 2.05) is 18.2 Å². The fourth-order valence-corrected chi connectivity index (χ4v) is 3.10. The van der Waals surface area contributed by atoms with E-state index in [9.17, 15) is 14.4 Å². The first-order valence-electron chi connectivity index (χ1n) is 8.90. The lowest BCUT2D eigenvalue weighted by atomic mass is 10.2. The van der Waals surface area contributed by atoms with Crippen molar-refractivity contribution in [1.82, 2.24) is 10.3 Å². The number of hydrogen-bond donors (Lipinski definition) is 2. The molecule has 29 heavy (non-hydrogen) atoms. The molecule has 1 aliphatic heterocycles. The Morgan fingerprint density at radius 3 is 2.52 bits per heavy atom. The van der Waals surface area contributed by atoms with Crippen molar-refractivity contribution in [3.63, 3.8) is 0 Å². The minimum Gasteiger partial charge on any atom is -0.330 e. The highest BCUT2D eigenvalue weighted by molar-refractivity contribution is 9.10. The van der Waals surface area contributed by atoms with Crippen LogP contribution in [-0.4, -0.2) is 48.1 Å². The third-order valence-electron chi connectivity index (χ3n) is 4.21. The van der Waals surface area contributed by atoms with Gasteiger partial charge in [0, 0.05) is 11.5 Å². The van der Waals surface area contributed by atoms with Crippen LogP contribution in [-0.2, 0) is 14.4 Å². The number of amides is 3. The molecule has 1 atom stereocenters. The Morgan fingerprint density at radius 1 is 1.17 bits per heavy atom. The molecule has 150 valence electrons. The second kappa shape index (κ2) is 8.87. The summed E-state index contributed by atoms with van der Waals surface area (Å²) in [6.45, 7) is 1.45. The summed E-state index contributed by atoms with van der Waals surface area (Å²) in [5.41, 5.74) is 3.97. The van der Waals surface area contributed by atoms with Gasteiger partial charge < -0.3 is 10.2 Å². The van der Waals surface area contributed by atoms with Gasteiger partial charge in [0.25, 0.3) is 11.8 Å². The van der Waals surface area contributed by atoms with Crippen LogP contribution < -0.4 is 15.8 Å². The molecule has 9 heteroatoms. The summed E-state index contributed by atoms with van der Waals surface area (Å²) < 4.78 is 0.742. The fraction of sp³-hybridized carbons (Fsp3) is 0.200.